The first-order valence-corrected chi connectivity index (χ1v) is 13.8. The summed E-state index contributed by atoms with van der Waals surface area (Å²) in [6.07, 6.45) is 0. The number of benzene rings is 5. The second kappa shape index (κ2) is 11.1. The van der Waals surface area contributed by atoms with Crippen molar-refractivity contribution < 1.29 is 14.1 Å². The number of carbonyl (C=O) groups is 2. The summed E-state index contributed by atoms with van der Waals surface area (Å²) in [6.45, 7) is 0. The Bertz CT molecular complexity index is 2080. The van der Waals surface area contributed by atoms with Crippen LogP contribution in [0.3, 0.4) is 0 Å². The minimum atomic E-state index is -0.267. The molecule has 2 N–H and O–H groups in total. The lowest BCUT2D eigenvalue weighted by molar-refractivity contribution is 0.102. The predicted molar refractivity (Wildman–Crippen MR) is 167 cm³/mol. The third-order valence-corrected chi connectivity index (χ3v) is 7.21. The molecule has 7 rings (SSSR count). The van der Waals surface area contributed by atoms with Gasteiger partial charge in [-0.3, -0.25) is 9.59 Å². The molecule has 5 aromatic carbocycles. The van der Waals surface area contributed by atoms with Crippen LogP contribution in [-0.4, -0.2) is 26.8 Å². The second-order valence-corrected chi connectivity index (χ2v) is 10.0. The zero-order valence-corrected chi connectivity index (χ0v) is 22.8. The molecule has 7 nitrogen and oxygen atoms in total. The molecule has 206 valence electrons. The first-order valence-electron chi connectivity index (χ1n) is 13.8. The third-order valence-electron chi connectivity index (χ3n) is 7.21. The van der Waals surface area contributed by atoms with Crippen molar-refractivity contribution in [1.29, 1.82) is 0 Å². The highest BCUT2D eigenvalue weighted by Gasteiger charge is 2.17. The van der Waals surface area contributed by atoms with E-state index in [1.165, 1.54) is 0 Å². The van der Waals surface area contributed by atoms with Gasteiger partial charge in [-0.15, -0.1) is 0 Å². The van der Waals surface area contributed by atoms with Crippen molar-refractivity contribution in [3.05, 3.63) is 150 Å². The Morgan fingerprint density at radius 3 is 2.19 bits per heavy atom. The van der Waals surface area contributed by atoms with Gasteiger partial charge in [0.25, 0.3) is 5.91 Å². The van der Waals surface area contributed by atoms with E-state index >= 15 is 0 Å². The highest BCUT2D eigenvalue weighted by Crippen LogP contribution is 2.28. The van der Waals surface area contributed by atoms with E-state index in [1.54, 1.807) is 30.3 Å². The SMILES string of the molecule is O=C(c1ccccc1)c1ccc2nc(-c3ccccc3C(=O)Nc3ccc(-c4cc(-c5ccccc5)on4)cc3)[nH]c2c1. The van der Waals surface area contributed by atoms with Crippen molar-refractivity contribution >= 4 is 28.4 Å². The van der Waals surface area contributed by atoms with Crippen molar-refractivity contribution in [2.75, 3.05) is 5.32 Å². The van der Waals surface area contributed by atoms with Crippen LogP contribution in [-0.2, 0) is 0 Å². The van der Waals surface area contributed by atoms with Crippen LogP contribution in [0, 0.1) is 0 Å². The second-order valence-electron chi connectivity index (χ2n) is 10.0. The standard InChI is InChI=1S/C36H24N4O3/c41-34(25-11-5-2-6-12-25)26-17-20-30-32(21-26)39-35(38-30)28-13-7-8-14-29(28)36(42)37-27-18-15-23(16-19-27)31-22-33(43-40-31)24-9-3-1-4-10-24/h1-22H,(H,37,42)(H,38,39). The van der Waals surface area contributed by atoms with E-state index in [9.17, 15) is 9.59 Å². The molecule has 0 spiro atoms. The molecular formula is C36H24N4O3. The molecule has 0 aliphatic rings. The number of rotatable bonds is 7. The molecule has 0 atom stereocenters. The van der Waals surface area contributed by atoms with Gasteiger partial charge in [-0.25, -0.2) is 4.98 Å². The topological polar surface area (TPSA) is 101 Å². The summed E-state index contributed by atoms with van der Waals surface area (Å²) < 4.78 is 5.53. The number of aromatic nitrogens is 3. The molecular weight excluding hydrogens is 536 g/mol. The van der Waals surface area contributed by atoms with E-state index in [1.807, 2.05) is 103 Å². The molecule has 7 aromatic rings. The molecule has 2 heterocycles. The van der Waals surface area contributed by atoms with Gasteiger partial charge >= 0.3 is 0 Å². The Hall–Kier alpha value is -6.08. The summed E-state index contributed by atoms with van der Waals surface area (Å²) in [4.78, 5) is 34.4. The van der Waals surface area contributed by atoms with Crippen molar-refractivity contribution in [3.8, 4) is 34.0 Å². The van der Waals surface area contributed by atoms with E-state index in [4.69, 9.17) is 9.51 Å². The van der Waals surface area contributed by atoms with Crippen molar-refractivity contribution in [2.45, 2.75) is 0 Å². The van der Waals surface area contributed by atoms with E-state index in [0.717, 1.165) is 11.1 Å². The average molecular weight is 561 g/mol. The van der Waals surface area contributed by atoms with Gasteiger partial charge in [0.1, 0.15) is 11.5 Å². The lowest BCUT2D eigenvalue weighted by Crippen LogP contribution is -2.13. The average Bonchev–Trinajstić information content (AvgIpc) is 3.73. The van der Waals surface area contributed by atoms with Crippen molar-refractivity contribution in [1.82, 2.24) is 15.1 Å². The first-order chi connectivity index (χ1) is 21.1. The third kappa shape index (κ3) is 5.23. The molecule has 7 heteroatoms. The molecule has 0 saturated heterocycles. The number of imidazole rings is 1. The zero-order chi connectivity index (χ0) is 29.2. The number of anilines is 1. The molecule has 0 saturated carbocycles. The van der Waals surface area contributed by atoms with Crippen LogP contribution < -0.4 is 5.32 Å². The monoisotopic (exact) mass is 560 g/mol. The number of amides is 1. The Morgan fingerprint density at radius 1 is 0.674 bits per heavy atom. The van der Waals surface area contributed by atoms with Gasteiger partial charge in [0, 0.05) is 39.6 Å². The molecule has 0 aliphatic carbocycles. The zero-order valence-electron chi connectivity index (χ0n) is 22.8. The number of fused-ring (bicyclic) bond motifs is 1. The fraction of sp³-hybridized carbons (Fsp3) is 0. The molecule has 2 aromatic heterocycles. The van der Waals surface area contributed by atoms with Crippen LogP contribution in [0.5, 0.6) is 0 Å². The highest BCUT2D eigenvalue weighted by atomic mass is 16.5. The molecule has 0 radical (unpaired) electrons. The summed E-state index contributed by atoms with van der Waals surface area (Å²) in [5.41, 5.74) is 6.89. The minimum absolute atomic E-state index is 0.0652. The fourth-order valence-electron chi connectivity index (χ4n) is 4.99. The molecule has 0 unspecified atom stereocenters. The maximum Gasteiger partial charge on any atom is 0.256 e. The summed E-state index contributed by atoms with van der Waals surface area (Å²) in [5.74, 6) is 0.899. The minimum Gasteiger partial charge on any atom is -0.356 e. The van der Waals surface area contributed by atoms with E-state index < -0.39 is 0 Å². The Kier molecular flexibility index (Phi) is 6.65. The smallest absolute Gasteiger partial charge is 0.256 e. The fourth-order valence-corrected chi connectivity index (χ4v) is 4.99. The number of carbonyl (C=O) groups excluding carboxylic acids is 2. The van der Waals surface area contributed by atoms with Crippen molar-refractivity contribution in [3.63, 3.8) is 0 Å². The highest BCUT2D eigenvalue weighted by molar-refractivity contribution is 6.11. The van der Waals surface area contributed by atoms with E-state index in [0.29, 0.717) is 56.3 Å². The van der Waals surface area contributed by atoms with Gasteiger partial charge in [-0.05, 0) is 36.4 Å². The van der Waals surface area contributed by atoms with Crippen LogP contribution in [0.1, 0.15) is 26.3 Å². The number of ketones is 1. The molecule has 0 fully saturated rings. The largest absolute Gasteiger partial charge is 0.356 e. The number of hydrogen-bond acceptors (Lipinski definition) is 5. The van der Waals surface area contributed by atoms with Gasteiger partial charge in [-0.1, -0.05) is 96.2 Å². The summed E-state index contributed by atoms with van der Waals surface area (Å²) in [6, 6.07) is 41.0. The maximum absolute atomic E-state index is 13.4. The van der Waals surface area contributed by atoms with Crippen molar-refractivity contribution in [2.24, 2.45) is 0 Å². The lowest BCUT2D eigenvalue weighted by atomic mass is 10.0. The summed E-state index contributed by atoms with van der Waals surface area (Å²) in [7, 11) is 0. The van der Waals surface area contributed by atoms with Gasteiger partial charge < -0.3 is 14.8 Å². The Labute approximate surface area is 246 Å². The quantitative estimate of drug-likeness (QED) is 0.192. The van der Waals surface area contributed by atoms with E-state index in [2.05, 4.69) is 15.5 Å². The number of H-pyrrole nitrogens is 1. The number of aromatic amines is 1. The normalized spacial score (nSPS) is 11.0. The van der Waals surface area contributed by atoms with Gasteiger partial charge in [0.2, 0.25) is 0 Å². The Morgan fingerprint density at radius 2 is 1.40 bits per heavy atom. The Balaban J connectivity index is 1.11. The van der Waals surface area contributed by atoms with Gasteiger partial charge in [0.05, 0.1) is 16.6 Å². The number of nitrogens with zero attached hydrogens (tertiary/aromatic N) is 2. The van der Waals surface area contributed by atoms with Gasteiger partial charge in [-0.2, -0.15) is 0 Å². The summed E-state index contributed by atoms with van der Waals surface area (Å²) >= 11 is 0. The van der Waals surface area contributed by atoms with Crippen LogP contribution >= 0.6 is 0 Å². The molecule has 0 aliphatic heterocycles. The number of hydrogen-bond donors (Lipinski definition) is 2. The molecule has 43 heavy (non-hydrogen) atoms. The lowest BCUT2D eigenvalue weighted by Gasteiger charge is -2.09. The molecule has 0 bridgehead atoms. The van der Waals surface area contributed by atoms with Crippen LogP contribution in [0.2, 0.25) is 0 Å². The maximum atomic E-state index is 13.4. The first kappa shape index (κ1) is 25.9. The van der Waals surface area contributed by atoms with E-state index in [-0.39, 0.29) is 11.7 Å². The predicted octanol–water partition coefficient (Wildman–Crippen LogP) is 8.04. The van der Waals surface area contributed by atoms with Crippen LogP contribution in [0.25, 0.3) is 45.0 Å². The number of nitrogens with one attached hydrogen (secondary N) is 2. The van der Waals surface area contributed by atoms with Gasteiger partial charge in [0.15, 0.2) is 11.5 Å². The van der Waals surface area contributed by atoms with Crippen LogP contribution in [0.15, 0.2) is 138 Å². The molecule has 1 amide bonds. The summed E-state index contributed by atoms with van der Waals surface area (Å²) in [5, 5.41) is 7.19. The van der Waals surface area contributed by atoms with Crippen LogP contribution in [0.4, 0.5) is 5.69 Å².